The number of amides is 2. The number of nitrogens with one attached hydrogen (secondary N) is 1. The number of carbonyl (C=O) groups excluding carboxylic acids is 1. The molecule has 0 unspecified atom stereocenters. The number of benzene rings is 1. The molecule has 0 radical (unpaired) electrons. The van der Waals surface area contributed by atoms with E-state index in [4.69, 9.17) is 4.74 Å². The summed E-state index contributed by atoms with van der Waals surface area (Å²) in [6.07, 6.45) is 5.47. The second-order valence-electron chi connectivity index (χ2n) is 6.54. The first-order valence-corrected chi connectivity index (χ1v) is 8.91. The SMILES string of the molecule is COCCN(Cc1cnn(C)c1)C(=O)NCc1ccc(C)c2ncccc12. The zero-order chi connectivity index (χ0) is 19.2. The van der Waals surface area contributed by atoms with E-state index in [0.29, 0.717) is 26.2 Å². The van der Waals surface area contributed by atoms with Crippen molar-refractivity contribution in [3.05, 3.63) is 59.5 Å². The van der Waals surface area contributed by atoms with Crippen LogP contribution >= 0.6 is 0 Å². The highest BCUT2D eigenvalue weighted by Gasteiger charge is 2.15. The van der Waals surface area contributed by atoms with Gasteiger partial charge in [0, 0.05) is 50.6 Å². The Kier molecular flexibility index (Phi) is 6.03. The fourth-order valence-corrected chi connectivity index (χ4v) is 3.04. The standard InChI is InChI=1S/C20H25N5O2/c1-15-6-7-17(18-5-4-8-21-19(15)18)12-22-20(26)25(9-10-27-3)14-16-11-23-24(2)13-16/h4-8,11,13H,9-10,12,14H2,1-3H3,(H,22,26). The number of carbonyl (C=O) groups is 1. The quantitative estimate of drug-likeness (QED) is 0.697. The van der Waals surface area contributed by atoms with E-state index in [0.717, 1.165) is 27.6 Å². The van der Waals surface area contributed by atoms with Crippen LogP contribution in [0.2, 0.25) is 0 Å². The van der Waals surface area contributed by atoms with Gasteiger partial charge in [-0.25, -0.2) is 4.79 Å². The highest BCUT2D eigenvalue weighted by atomic mass is 16.5. The Morgan fingerprint density at radius 2 is 2.19 bits per heavy atom. The van der Waals surface area contributed by atoms with E-state index in [2.05, 4.69) is 15.4 Å². The van der Waals surface area contributed by atoms with Gasteiger partial charge < -0.3 is 15.0 Å². The number of urea groups is 1. The summed E-state index contributed by atoms with van der Waals surface area (Å²) in [5.41, 5.74) is 4.12. The van der Waals surface area contributed by atoms with Crippen molar-refractivity contribution in [3.63, 3.8) is 0 Å². The molecule has 0 aliphatic heterocycles. The van der Waals surface area contributed by atoms with Gasteiger partial charge in [-0.2, -0.15) is 5.10 Å². The third-order valence-corrected chi connectivity index (χ3v) is 4.48. The highest BCUT2D eigenvalue weighted by molar-refractivity contribution is 5.85. The van der Waals surface area contributed by atoms with E-state index in [1.807, 2.05) is 44.4 Å². The summed E-state index contributed by atoms with van der Waals surface area (Å²) < 4.78 is 6.88. The van der Waals surface area contributed by atoms with Gasteiger partial charge in [-0.3, -0.25) is 9.67 Å². The maximum atomic E-state index is 12.8. The molecule has 0 aliphatic carbocycles. The predicted octanol–water partition coefficient (Wildman–Crippen LogP) is 2.63. The van der Waals surface area contributed by atoms with E-state index in [-0.39, 0.29) is 6.03 Å². The average molecular weight is 367 g/mol. The van der Waals surface area contributed by atoms with Gasteiger partial charge in [0.25, 0.3) is 0 Å². The summed E-state index contributed by atoms with van der Waals surface area (Å²) >= 11 is 0. The minimum atomic E-state index is -0.131. The van der Waals surface area contributed by atoms with Gasteiger partial charge in [0.15, 0.2) is 0 Å². The number of aromatic nitrogens is 3. The topological polar surface area (TPSA) is 72.3 Å². The predicted molar refractivity (Wildman–Crippen MR) is 104 cm³/mol. The van der Waals surface area contributed by atoms with Gasteiger partial charge >= 0.3 is 6.03 Å². The highest BCUT2D eigenvalue weighted by Crippen LogP contribution is 2.20. The lowest BCUT2D eigenvalue weighted by Crippen LogP contribution is -2.40. The van der Waals surface area contributed by atoms with Crippen LogP contribution < -0.4 is 5.32 Å². The summed E-state index contributed by atoms with van der Waals surface area (Å²) in [6.45, 7) is 3.95. The van der Waals surface area contributed by atoms with Crippen LogP contribution in [-0.4, -0.2) is 46.0 Å². The van der Waals surface area contributed by atoms with Crippen LogP contribution in [0.4, 0.5) is 4.79 Å². The van der Waals surface area contributed by atoms with Crippen molar-refractivity contribution in [1.29, 1.82) is 0 Å². The molecule has 0 saturated carbocycles. The molecule has 0 aliphatic rings. The molecule has 7 nitrogen and oxygen atoms in total. The Bertz CT molecular complexity index is 922. The lowest BCUT2D eigenvalue weighted by molar-refractivity contribution is 0.146. The number of methoxy groups -OCH3 is 1. The molecule has 0 spiro atoms. The summed E-state index contributed by atoms with van der Waals surface area (Å²) in [5, 5.41) is 8.25. The van der Waals surface area contributed by atoms with Gasteiger partial charge in [0.1, 0.15) is 0 Å². The lowest BCUT2D eigenvalue weighted by Gasteiger charge is -2.22. The molecule has 27 heavy (non-hydrogen) atoms. The first kappa shape index (κ1) is 18.8. The fourth-order valence-electron chi connectivity index (χ4n) is 3.04. The first-order chi connectivity index (χ1) is 13.1. The number of hydrogen-bond acceptors (Lipinski definition) is 4. The summed E-state index contributed by atoms with van der Waals surface area (Å²) in [4.78, 5) is 18.9. The largest absolute Gasteiger partial charge is 0.383 e. The van der Waals surface area contributed by atoms with Crippen molar-refractivity contribution in [2.75, 3.05) is 20.3 Å². The van der Waals surface area contributed by atoms with Crippen LogP contribution in [0.3, 0.4) is 0 Å². The van der Waals surface area contributed by atoms with Crippen molar-refractivity contribution in [1.82, 2.24) is 25.0 Å². The monoisotopic (exact) mass is 367 g/mol. The molecule has 1 N–H and O–H groups in total. The van der Waals surface area contributed by atoms with Gasteiger partial charge in [0.05, 0.1) is 24.9 Å². The normalized spacial score (nSPS) is 10.9. The van der Waals surface area contributed by atoms with Gasteiger partial charge in [-0.15, -0.1) is 0 Å². The smallest absolute Gasteiger partial charge is 0.318 e. The third kappa shape index (κ3) is 4.62. The first-order valence-electron chi connectivity index (χ1n) is 8.91. The number of hydrogen-bond donors (Lipinski definition) is 1. The second-order valence-corrected chi connectivity index (χ2v) is 6.54. The van der Waals surface area contributed by atoms with Gasteiger partial charge in [-0.1, -0.05) is 18.2 Å². The zero-order valence-corrected chi connectivity index (χ0v) is 16.0. The Balaban J connectivity index is 1.71. The van der Waals surface area contributed by atoms with Crippen LogP contribution in [-0.2, 0) is 24.9 Å². The van der Waals surface area contributed by atoms with E-state index in [1.54, 1.807) is 29.1 Å². The van der Waals surface area contributed by atoms with E-state index in [9.17, 15) is 4.79 Å². The number of aryl methyl sites for hydroxylation is 2. The second kappa shape index (κ2) is 8.64. The van der Waals surface area contributed by atoms with Crippen molar-refractivity contribution >= 4 is 16.9 Å². The van der Waals surface area contributed by atoms with Crippen molar-refractivity contribution in [3.8, 4) is 0 Å². The molecule has 0 atom stereocenters. The zero-order valence-electron chi connectivity index (χ0n) is 16.0. The van der Waals surface area contributed by atoms with Crippen LogP contribution in [0.15, 0.2) is 42.9 Å². The molecule has 0 bridgehead atoms. The molecule has 0 saturated heterocycles. The lowest BCUT2D eigenvalue weighted by atomic mass is 10.0. The minimum Gasteiger partial charge on any atom is -0.383 e. The molecule has 2 amide bonds. The Labute approximate surface area is 159 Å². The Morgan fingerprint density at radius 1 is 1.33 bits per heavy atom. The summed E-state index contributed by atoms with van der Waals surface area (Å²) in [5.74, 6) is 0. The van der Waals surface area contributed by atoms with E-state index >= 15 is 0 Å². The molecule has 2 aromatic heterocycles. The molecule has 1 aromatic carbocycles. The summed E-state index contributed by atoms with van der Waals surface area (Å²) in [7, 11) is 3.49. The van der Waals surface area contributed by atoms with Crippen LogP contribution in [0.1, 0.15) is 16.7 Å². The third-order valence-electron chi connectivity index (χ3n) is 4.48. The molecular formula is C20H25N5O2. The Hall–Kier alpha value is -2.93. The van der Waals surface area contributed by atoms with Gasteiger partial charge in [0.2, 0.25) is 0 Å². The molecule has 3 aromatic rings. The van der Waals surface area contributed by atoms with Crippen LogP contribution in [0, 0.1) is 6.92 Å². The number of fused-ring (bicyclic) bond motifs is 1. The van der Waals surface area contributed by atoms with E-state index in [1.165, 1.54) is 0 Å². The minimum absolute atomic E-state index is 0.131. The van der Waals surface area contributed by atoms with Crippen LogP contribution in [0.5, 0.6) is 0 Å². The molecule has 7 heteroatoms. The maximum Gasteiger partial charge on any atom is 0.318 e. The van der Waals surface area contributed by atoms with Crippen molar-refractivity contribution < 1.29 is 9.53 Å². The summed E-state index contributed by atoms with van der Waals surface area (Å²) in [6, 6.07) is 7.90. The van der Waals surface area contributed by atoms with Crippen LogP contribution in [0.25, 0.3) is 10.9 Å². The maximum absolute atomic E-state index is 12.8. The molecule has 142 valence electrons. The van der Waals surface area contributed by atoms with E-state index < -0.39 is 0 Å². The number of pyridine rings is 1. The Morgan fingerprint density at radius 3 is 2.93 bits per heavy atom. The van der Waals surface area contributed by atoms with Gasteiger partial charge in [-0.05, 0) is 24.1 Å². The number of rotatable bonds is 7. The molecule has 0 fully saturated rings. The number of nitrogens with zero attached hydrogens (tertiary/aromatic N) is 4. The molecule has 3 rings (SSSR count). The fraction of sp³-hybridized carbons (Fsp3) is 0.350. The molecule has 2 heterocycles. The number of ether oxygens (including phenoxy) is 1. The van der Waals surface area contributed by atoms with Crippen molar-refractivity contribution in [2.24, 2.45) is 7.05 Å². The average Bonchev–Trinajstić information content (AvgIpc) is 3.09. The molecular weight excluding hydrogens is 342 g/mol. The van der Waals surface area contributed by atoms with Crippen molar-refractivity contribution in [2.45, 2.75) is 20.0 Å².